The first-order chi connectivity index (χ1) is 10.1. The summed E-state index contributed by atoms with van der Waals surface area (Å²) in [6, 6.07) is 0.538. The fourth-order valence-corrected chi connectivity index (χ4v) is 4.25. The van der Waals surface area contributed by atoms with E-state index in [1.165, 1.54) is 32.1 Å². The van der Waals surface area contributed by atoms with Gasteiger partial charge in [-0.15, -0.1) is 0 Å². The average Bonchev–Trinajstić information content (AvgIpc) is 3.06. The Kier molecular flexibility index (Phi) is 6.97. The second kappa shape index (κ2) is 8.50. The van der Waals surface area contributed by atoms with Crippen molar-refractivity contribution in [1.29, 1.82) is 0 Å². The molecule has 5 atom stereocenters. The second-order valence-electron chi connectivity index (χ2n) is 7.80. The summed E-state index contributed by atoms with van der Waals surface area (Å²) >= 11 is 0. The van der Waals surface area contributed by atoms with E-state index in [9.17, 15) is 5.11 Å². The molecule has 0 aliphatic heterocycles. The third-order valence-corrected chi connectivity index (χ3v) is 5.49. The Morgan fingerprint density at radius 3 is 2.62 bits per heavy atom. The van der Waals surface area contributed by atoms with Crippen LogP contribution in [0.5, 0.6) is 0 Å². The van der Waals surface area contributed by atoms with Crippen LogP contribution in [0.1, 0.15) is 59.3 Å². The molecule has 3 nitrogen and oxygen atoms in total. The number of aliphatic hydroxyl groups excluding tert-OH is 1. The zero-order chi connectivity index (χ0) is 15.2. The summed E-state index contributed by atoms with van der Waals surface area (Å²) in [5.74, 6) is 3.52. The van der Waals surface area contributed by atoms with Gasteiger partial charge in [0.1, 0.15) is 0 Å². The lowest BCUT2D eigenvalue weighted by atomic mass is 9.84. The van der Waals surface area contributed by atoms with E-state index in [-0.39, 0.29) is 6.10 Å². The molecule has 2 N–H and O–H groups in total. The maximum atomic E-state index is 9.99. The molecule has 0 spiro atoms. The van der Waals surface area contributed by atoms with E-state index in [1.54, 1.807) is 0 Å². The average molecular weight is 297 g/mol. The van der Waals surface area contributed by atoms with Crippen LogP contribution in [0, 0.1) is 23.7 Å². The van der Waals surface area contributed by atoms with Gasteiger partial charge in [-0.1, -0.05) is 20.3 Å². The quantitative estimate of drug-likeness (QED) is 0.608. The van der Waals surface area contributed by atoms with Crippen molar-refractivity contribution in [2.45, 2.75) is 71.4 Å². The third kappa shape index (κ3) is 5.54. The maximum Gasteiger partial charge on any atom is 0.0897 e. The van der Waals surface area contributed by atoms with E-state index >= 15 is 0 Å². The zero-order valence-corrected chi connectivity index (χ0v) is 14.2. The summed E-state index contributed by atoms with van der Waals surface area (Å²) in [7, 11) is 0. The Morgan fingerprint density at radius 2 is 2.00 bits per heavy atom. The van der Waals surface area contributed by atoms with Crippen LogP contribution < -0.4 is 5.32 Å². The van der Waals surface area contributed by atoms with Crippen LogP contribution in [0.4, 0.5) is 0 Å². The lowest BCUT2D eigenvalue weighted by Gasteiger charge is -2.29. The fourth-order valence-electron chi connectivity index (χ4n) is 4.25. The molecule has 124 valence electrons. The highest BCUT2D eigenvalue weighted by atomic mass is 16.5. The van der Waals surface area contributed by atoms with Crippen LogP contribution >= 0.6 is 0 Å². The Bertz CT molecular complexity index is 295. The summed E-state index contributed by atoms with van der Waals surface area (Å²) in [5.41, 5.74) is 0. The van der Waals surface area contributed by atoms with E-state index in [0.717, 1.165) is 36.7 Å². The Morgan fingerprint density at radius 1 is 1.19 bits per heavy atom. The van der Waals surface area contributed by atoms with Gasteiger partial charge in [0.05, 0.1) is 12.7 Å². The van der Waals surface area contributed by atoms with Gasteiger partial charge in [0.15, 0.2) is 0 Å². The van der Waals surface area contributed by atoms with Crippen LogP contribution in [-0.4, -0.2) is 37.0 Å². The van der Waals surface area contributed by atoms with Crippen molar-refractivity contribution in [2.24, 2.45) is 23.7 Å². The number of aliphatic hydroxyl groups is 1. The minimum absolute atomic E-state index is 0.370. The minimum atomic E-state index is -0.370. The largest absolute Gasteiger partial charge is 0.389 e. The number of nitrogens with one attached hydrogen (secondary N) is 1. The molecule has 0 aromatic rings. The van der Waals surface area contributed by atoms with Crippen LogP contribution in [-0.2, 0) is 4.74 Å². The second-order valence-corrected chi connectivity index (χ2v) is 7.80. The molecule has 2 fully saturated rings. The highest BCUT2D eigenvalue weighted by Gasteiger charge is 2.41. The van der Waals surface area contributed by atoms with Gasteiger partial charge in [0.25, 0.3) is 0 Å². The van der Waals surface area contributed by atoms with Crippen molar-refractivity contribution in [3.05, 3.63) is 0 Å². The number of hydrogen-bond acceptors (Lipinski definition) is 3. The SMILES string of the molecule is CC(C)CCCOCC(O)CNC(C)C1CC2CCC1C2. The van der Waals surface area contributed by atoms with E-state index in [4.69, 9.17) is 4.74 Å². The van der Waals surface area contributed by atoms with Crippen LogP contribution in [0.25, 0.3) is 0 Å². The molecule has 2 rings (SSSR count). The summed E-state index contributed by atoms with van der Waals surface area (Å²) < 4.78 is 5.56. The Balaban J connectivity index is 1.51. The molecule has 5 unspecified atom stereocenters. The van der Waals surface area contributed by atoms with Crippen molar-refractivity contribution < 1.29 is 9.84 Å². The molecule has 2 saturated carbocycles. The maximum absolute atomic E-state index is 9.99. The smallest absolute Gasteiger partial charge is 0.0897 e. The molecule has 21 heavy (non-hydrogen) atoms. The van der Waals surface area contributed by atoms with E-state index in [2.05, 4.69) is 26.1 Å². The van der Waals surface area contributed by atoms with Crippen molar-refractivity contribution >= 4 is 0 Å². The van der Waals surface area contributed by atoms with Crippen molar-refractivity contribution in [2.75, 3.05) is 19.8 Å². The van der Waals surface area contributed by atoms with Gasteiger partial charge < -0.3 is 15.2 Å². The van der Waals surface area contributed by atoms with Crippen LogP contribution in [0.3, 0.4) is 0 Å². The van der Waals surface area contributed by atoms with Gasteiger partial charge >= 0.3 is 0 Å². The van der Waals surface area contributed by atoms with E-state index < -0.39 is 0 Å². The predicted octanol–water partition coefficient (Wildman–Crippen LogP) is 3.21. The first kappa shape index (κ1) is 17.2. The molecular weight excluding hydrogens is 262 g/mol. The lowest BCUT2D eigenvalue weighted by Crippen LogP contribution is -2.41. The summed E-state index contributed by atoms with van der Waals surface area (Å²) in [5, 5.41) is 13.5. The van der Waals surface area contributed by atoms with E-state index in [1.807, 2.05) is 0 Å². The Labute approximate surface area is 130 Å². The van der Waals surface area contributed by atoms with Gasteiger partial charge in [-0.2, -0.15) is 0 Å². The van der Waals surface area contributed by atoms with E-state index in [0.29, 0.717) is 19.2 Å². The number of fused-ring (bicyclic) bond motifs is 2. The normalized spacial score (nSPS) is 31.0. The van der Waals surface area contributed by atoms with Gasteiger partial charge in [0.2, 0.25) is 0 Å². The van der Waals surface area contributed by atoms with Gasteiger partial charge in [-0.25, -0.2) is 0 Å². The molecule has 0 amide bonds. The highest BCUT2D eigenvalue weighted by Crippen LogP contribution is 2.49. The van der Waals surface area contributed by atoms with Crippen LogP contribution in [0.2, 0.25) is 0 Å². The Hall–Kier alpha value is -0.120. The molecule has 0 radical (unpaired) electrons. The van der Waals surface area contributed by atoms with Crippen molar-refractivity contribution in [3.8, 4) is 0 Å². The number of rotatable bonds is 10. The first-order valence-corrected chi connectivity index (χ1v) is 9.05. The van der Waals surface area contributed by atoms with Crippen molar-refractivity contribution in [3.63, 3.8) is 0 Å². The molecule has 0 aromatic carbocycles. The van der Waals surface area contributed by atoms with Gasteiger partial charge in [-0.3, -0.25) is 0 Å². The molecule has 2 aliphatic rings. The monoisotopic (exact) mass is 297 g/mol. The molecule has 2 aliphatic carbocycles. The molecule has 2 bridgehead atoms. The fraction of sp³-hybridized carbons (Fsp3) is 1.00. The highest BCUT2D eigenvalue weighted by molar-refractivity contribution is 4.94. The molecule has 0 saturated heterocycles. The minimum Gasteiger partial charge on any atom is -0.389 e. The molecule has 3 heteroatoms. The summed E-state index contributed by atoms with van der Waals surface area (Å²) in [4.78, 5) is 0. The molecule has 0 heterocycles. The van der Waals surface area contributed by atoms with Crippen molar-refractivity contribution in [1.82, 2.24) is 5.32 Å². The molecular formula is C18H35NO2. The number of ether oxygens (including phenoxy) is 1. The lowest BCUT2D eigenvalue weighted by molar-refractivity contribution is 0.0321. The summed E-state index contributed by atoms with van der Waals surface area (Å²) in [6.45, 7) is 8.66. The zero-order valence-electron chi connectivity index (χ0n) is 14.2. The molecule has 0 aromatic heterocycles. The van der Waals surface area contributed by atoms with Crippen LogP contribution in [0.15, 0.2) is 0 Å². The number of hydrogen-bond donors (Lipinski definition) is 2. The standard InChI is InChI=1S/C18H35NO2/c1-13(2)5-4-8-21-12-17(20)11-19-14(3)18-10-15-6-7-16(18)9-15/h13-20H,4-12H2,1-3H3. The topological polar surface area (TPSA) is 41.5 Å². The summed E-state index contributed by atoms with van der Waals surface area (Å²) in [6.07, 6.45) is 7.68. The van der Waals surface area contributed by atoms with Gasteiger partial charge in [0, 0.05) is 19.2 Å². The third-order valence-electron chi connectivity index (χ3n) is 5.49. The van der Waals surface area contributed by atoms with Gasteiger partial charge in [-0.05, 0) is 62.7 Å². The predicted molar refractivity (Wildman–Crippen MR) is 87.3 cm³/mol. The first-order valence-electron chi connectivity index (χ1n) is 9.05.